The molecule has 0 bridgehead atoms. The van der Waals surface area contributed by atoms with Crippen LogP contribution >= 0.6 is 0 Å². The van der Waals surface area contributed by atoms with E-state index >= 15 is 0 Å². The number of hydrogen-bond donors (Lipinski definition) is 3. The predicted octanol–water partition coefficient (Wildman–Crippen LogP) is -0.501. The van der Waals surface area contributed by atoms with E-state index in [2.05, 4.69) is 5.32 Å². The molecule has 3 N–H and O–H groups in total. The zero-order valence-corrected chi connectivity index (χ0v) is 9.87. The van der Waals surface area contributed by atoms with Gasteiger partial charge < -0.3 is 20.3 Å². The molecule has 0 aromatic heterocycles. The third-order valence-corrected chi connectivity index (χ3v) is 2.18. The summed E-state index contributed by atoms with van der Waals surface area (Å²) in [5.74, 6) is -1.81. The number of carboxylic acid groups (broad SMARTS) is 1. The van der Waals surface area contributed by atoms with Gasteiger partial charge in [0.05, 0.1) is 12.2 Å². The third-order valence-electron chi connectivity index (χ3n) is 2.18. The fourth-order valence-electron chi connectivity index (χ4n) is 1.25. The number of carbonyl (C=O) groups excluding carboxylic acids is 1. The molecule has 1 unspecified atom stereocenters. The number of hydrogen-bond acceptors (Lipinski definition) is 5. The number of benzene rings is 1. The molecule has 7 heteroatoms. The molecule has 0 saturated carbocycles. The molecule has 0 saturated heterocycles. The molecule has 0 aliphatic heterocycles. The van der Waals surface area contributed by atoms with Gasteiger partial charge >= 0.3 is 5.97 Å². The lowest BCUT2D eigenvalue weighted by Crippen LogP contribution is -2.45. The molecule has 19 heavy (non-hydrogen) atoms. The van der Waals surface area contributed by atoms with Gasteiger partial charge in [-0.2, -0.15) is 5.26 Å². The number of aliphatic hydroxyl groups is 1. The van der Waals surface area contributed by atoms with Crippen LogP contribution in [0.1, 0.15) is 5.56 Å². The monoisotopic (exact) mass is 264 g/mol. The molecule has 1 rings (SSSR count). The van der Waals surface area contributed by atoms with E-state index in [1.54, 1.807) is 12.1 Å². The van der Waals surface area contributed by atoms with E-state index in [0.717, 1.165) is 0 Å². The molecule has 0 fully saturated rings. The van der Waals surface area contributed by atoms with Crippen LogP contribution < -0.4 is 10.1 Å². The van der Waals surface area contributed by atoms with Crippen LogP contribution in [0.15, 0.2) is 24.3 Å². The topological polar surface area (TPSA) is 120 Å². The predicted molar refractivity (Wildman–Crippen MR) is 63.3 cm³/mol. The van der Waals surface area contributed by atoms with Crippen molar-refractivity contribution in [3.05, 3.63) is 29.8 Å². The number of carboxylic acids is 1. The van der Waals surface area contributed by atoms with Gasteiger partial charge in [-0.15, -0.1) is 0 Å². The zero-order valence-electron chi connectivity index (χ0n) is 9.87. The maximum atomic E-state index is 11.4. The second-order valence-electron chi connectivity index (χ2n) is 3.54. The van der Waals surface area contributed by atoms with E-state index in [0.29, 0.717) is 0 Å². The smallest absolute Gasteiger partial charge is 0.328 e. The largest absolute Gasteiger partial charge is 0.482 e. The van der Waals surface area contributed by atoms with Crippen molar-refractivity contribution < 1.29 is 24.5 Å². The summed E-state index contributed by atoms with van der Waals surface area (Å²) in [6.45, 7) is -1.15. The van der Waals surface area contributed by atoms with Crippen LogP contribution in [0.3, 0.4) is 0 Å². The number of amides is 1. The summed E-state index contributed by atoms with van der Waals surface area (Å²) in [7, 11) is 0. The minimum atomic E-state index is -1.37. The number of aliphatic hydroxyl groups excluding tert-OH is 1. The molecule has 7 nitrogen and oxygen atoms in total. The van der Waals surface area contributed by atoms with Crippen molar-refractivity contribution in [1.29, 1.82) is 5.26 Å². The maximum absolute atomic E-state index is 11.4. The molecule has 1 amide bonds. The summed E-state index contributed by atoms with van der Waals surface area (Å²) < 4.78 is 5.11. The van der Waals surface area contributed by atoms with Gasteiger partial charge in [-0.25, -0.2) is 4.79 Å². The van der Waals surface area contributed by atoms with Crippen molar-refractivity contribution in [3.8, 4) is 11.8 Å². The molecule has 0 aliphatic carbocycles. The second-order valence-corrected chi connectivity index (χ2v) is 3.54. The SMILES string of the molecule is N#Cc1ccccc1OCC(=O)NC(CO)C(=O)O. The molecule has 1 aromatic carbocycles. The van der Waals surface area contributed by atoms with Gasteiger partial charge in [0.1, 0.15) is 17.9 Å². The van der Waals surface area contributed by atoms with Crippen LogP contribution in [0.5, 0.6) is 5.75 Å². The normalized spacial score (nSPS) is 11.2. The minimum Gasteiger partial charge on any atom is -0.482 e. The molecule has 1 aromatic rings. The van der Waals surface area contributed by atoms with Crippen LogP contribution in [-0.2, 0) is 9.59 Å². The highest BCUT2D eigenvalue weighted by atomic mass is 16.5. The van der Waals surface area contributed by atoms with E-state index in [-0.39, 0.29) is 11.3 Å². The van der Waals surface area contributed by atoms with Gasteiger partial charge in [0.25, 0.3) is 5.91 Å². The van der Waals surface area contributed by atoms with Gasteiger partial charge in [-0.05, 0) is 12.1 Å². The molecular formula is C12H12N2O5. The first-order valence-electron chi connectivity index (χ1n) is 5.33. The minimum absolute atomic E-state index is 0.232. The number of carbonyl (C=O) groups is 2. The van der Waals surface area contributed by atoms with Gasteiger partial charge in [-0.3, -0.25) is 4.79 Å². The van der Waals surface area contributed by atoms with Crippen LogP contribution in [-0.4, -0.2) is 41.3 Å². The van der Waals surface area contributed by atoms with Crippen LogP contribution in [0, 0.1) is 11.3 Å². The first kappa shape index (κ1) is 14.5. The summed E-state index contributed by atoms with van der Waals surface area (Å²) >= 11 is 0. The van der Waals surface area contributed by atoms with Crippen molar-refractivity contribution in [3.63, 3.8) is 0 Å². The molecule has 1 atom stereocenters. The van der Waals surface area contributed by atoms with E-state index in [1.165, 1.54) is 12.1 Å². The highest BCUT2D eigenvalue weighted by Crippen LogP contribution is 2.16. The van der Waals surface area contributed by atoms with Crippen molar-refractivity contribution >= 4 is 11.9 Å². The zero-order chi connectivity index (χ0) is 14.3. The van der Waals surface area contributed by atoms with Gasteiger partial charge in [0.2, 0.25) is 0 Å². The Labute approximate surface area is 109 Å². The van der Waals surface area contributed by atoms with E-state index in [1.807, 2.05) is 6.07 Å². The number of rotatable bonds is 6. The fourth-order valence-corrected chi connectivity index (χ4v) is 1.25. The maximum Gasteiger partial charge on any atom is 0.328 e. The Hall–Kier alpha value is -2.59. The molecule has 0 radical (unpaired) electrons. The number of para-hydroxylation sites is 1. The standard InChI is InChI=1S/C12H12N2O5/c13-5-8-3-1-2-4-10(8)19-7-11(16)14-9(6-15)12(17)18/h1-4,9,15H,6-7H2,(H,14,16)(H,17,18). The molecule has 0 spiro atoms. The lowest BCUT2D eigenvalue weighted by atomic mass is 10.2. The van der Waals surface area contributed by atoms with Gasteiger partial charge in [-0.1, -0.05) is 12.1 Å². The second kappa shape index (κ2) is 6.98. The Morgan fingerprint density at radius 3 is 2.68 bits per heavy atom. The summed E-state index contributed by atoms with van der Waals surface area (Å²) in [6, 6.07) is 6.87. The molecule has 0 aliphatic rings. The molecule has 100 valence electrons. The summed E-state index contributed by atoms with van der Waals surface area (Å²) in [5, 5.41) is 28.2. The highest BCUT2D eigenvalue weighted by molar-refractivity contribution is 5.84. The average Bonchev–Trinajstić information content (AvgIpc) is 2.42. The summed E-state index contributed by atoms with van der Waals surface area (Å²) in [6.07, 6.45) is 0. The first-order chi connectivity index (χ1) is 9.08. The summed E-state index contributed by atoms with van der Waals surface area (Å²) in [5.41, 5.74) is 0.271. The highest BCUT2D eigenvalue weighted by Gasteiger charge is 2.18. The van der Waals surface area contributed by atoms with Crippen LogP contribution in [0.25, 0.3) is 0 Å². The first-order valence-corrected chi connectivity index (χ1v) is 5.33. The lowest BCUT2D eigenvalue weighted by molar-refractivity contribution is -0.143. The lowest BCUT2D eigenvalue weighted by Gasteiger charge is -2.12. The Kier molecular flexibility index (Phi) is 5.32. The Bertz CT molecular complexity index is 509. The van der Waals surface area contributed by atoms with E-state index in [9.17, 15) is 9.59 Å². The van der Waals surface area contributed by atoms with Gasteiger partial charge in [0.15, 0.2) is 6.61 Å². The summed E-state index contributed by atoms with van der Waals surface area (Å²) in [4.78, 5) is 22.0. The van der Waals surface area contributed by atoms with Gasteiger partial charge in [0, 0.05) is 0 Å². The average molecular weight is 264 g/mol. The Morgan fingerprint density at radius 1 is 1.42 bits per heavy atom. The van der Waals surface area contributed by atoms with E-state index < -0.39 is 31.1 Å². The third kappa shape index (κ3) is 4.29. The number of nitriles is 1. The van der Waals surface area contributed by atoms with Crippen molar-refractivity contribution in [2.45, 2.75) is 6.04 Å². The number of nitrogens with one attached hydrogen (secondary N) is 1. The number of ether oxygens (including phenoxy) is 1. The van der Waals surface area contributed by atoms with Crippen LogP contribution in [0.4, 0.5) is 0 Å². The van der Waals surface area contributed by atoms with Crippen molar-refractivity contribution in [2.24, 2.45) is 0 Å². The van der Waals surface area contributed by atoms with Crippen molar-refractivity contribution in [2.75, 3.05) is 13.2 Å². The molecular weight excluding hydrogens is 252 g/mol. The number of nitrogens with zero attached hydrogens (tertiary/aromatic N) is 1. The quantitative estimate of drug-likeness (QED) is 0.637. The Morgan fingerprint density at radius 2 is 2.11 bits per heavy atom. The van der Waals surface area contributed by atoms with E-state index in [4.69, 9.17) is 20.2 Å². The fraction of sp³-hybridized carbons (Fsp3) is 0.250. The van der Waals surface area contributed by atoms with Crippen LogP contribution in [0.2, 0.25) is 0 Å². The molecule has 0 heterocycles. The Balaban J connectivity index is 2.55. The number of aliphatic carboxylic acids is 1. The van der Waals surface area contributed by atoms with Crippen molar-refractivity contribution in [1.82, 2.24) is 5.32 Å².